The van der Waals surface area contributed by atoms with Gasteiger partial charge in [0.2, 0.25) is 11.8 Å². The van der Waals surface area contributed by atoms with E-state index < -0.39 is 29.6 Å². The highest BCUT2D eigenvalue weighted by molar-refractivity contribution is 5.91. The van der Waals surface area contributed by atoms with Gasteiger partial charge in [-0.1, -0.05) is 18.2 Å². The summed E-state index contributed by atoms with van der Waals surface area (Å²) in [6.45, 7) is 0.465. The zero-order chi connectivity index (χ0) is 25.8. The van der Waals surface area contributed by atoms with Crippen LogP contribution in [-0.4, -0.2) is 59.1 Å². The number of hydrogen-bond acceptors (Lipinski definition) is 3. The summed E-state index contributed by atoms with van der Waals surface area (Å²) in [5.74, 6) is -0.787. The molecule has 2 saturated heterocycles. The molecule has 0 bridgehead atoms. The number of halogens is 7. The molecule has 0 aromatic heterocycles. The van der Waals surface area contributed by atoms with E-state index in [1.807, 2.05) is 6.07 Å². The molecular formula is C23H22F7N3O2. The Labute approximate surface area is 196 Å². The monoisotopic (exact) mass is 505 g/mol. The smallest absolute Gasteiger partial charge is 0.337 e. The van der Waals surface area contributed by atoms with Gasteiger partial charge in [0.1, 0.15) is 6.04 Å². The van der Waals surface area contributed by atoms with Crippen LogP contribution in [-0.2, 0) is 21.7 Å². The molecule has 35 heavy (non-hydrogen) atoms. The van der Waals surface area contributed by atoms with Crippen molar-refractivity contribution in [3.8, 4) is 6.07 Å². The molecule has 2 fully saturated rings. The Morgan fingerprint density at radius 1 is 1.03 bits per heavy atom. The fourth-order valence-corrected chi connectivity index (χ4v) is 5.67. The van der Waals surface area contributed by atoms with Crippen LogP contribution in [0.4, 0.5) is 30.7 Å². The molecule has 2 unspecified atom stereocenters. The molecule has 190 valence electrons. The number of carbonyl (C=O) groups is 2. The number of amides is 2. The highest BCUT2D eigenvalue weighted by atomic mass is 19.4. The van der Waals surface area contributed by atoms with Gasteiger partial charge < -0.3 is 9.80 Å². The topological polar surface area (TPSA) is 64.4 Å². The molecule has 2 aliphatic heterocycles. The molecule has 0 spiro atoms. The number of fused-ring (bicyclic) bond motifs is 3. The van der Waals surface area contributed by atoms with Gasteiger partial charge in [-0.15, -0.1) is 0 Å². The van der Waals surface area contributed by atoms with Gasteiger partial charge in [0, 0.05) is 37.0 Å². The Kier molecular flexibility index (Phi) is 6.26. The summed E-state index contributed by atoms with van der Waals surface area (Å²) in [4.78, 5) is 28.5. The summed E-state index contributed by atoms with van der Waals surface area (Å²) < 4.78 is 93.6. The average Bonchev–Trinajstić information content (AvgIpc) is 3.38. The van der Waals surface area contributed by atoms with Crippen molar-refractivity contribution in [2.75, 3.05) is 13.1 Å². The summed E-state index contributed by atoms with van der Waals surface area (Å²) >= 11 is 0. The number of benzene rings is 1. The molecular weight excluding hydrogens is 483 g/mol. The minimum atomic E-state index is -6.18. The van der Waals surface area contributed by atoms with Crippen LogP contribution in [0.25, 0.3) is 0 Å². The highest BCUT2D eigenvalue weighted by Crippen LogP contribution is 2.54. The largest absolute Gasteiger partial charge is 0.435 e. The maximum Gasteiger partial charge on any atom is 0.435 e. The fourth-order valence-electron chi connectivity index (χ4n) is 5.67. The Morgan fingerprint density at radius 3 is 2.34 bits per heavy atom. The second-order valence-corrected chi connectivity index (χ2v) is 9.15. The van der Waals surface area contributed by atoms with Crippen molar-refractivity contribution in [2.45, 2.75) is 74.5 Å². The summed E-state index contributed by atoms with van der Waals surface area (Å²) in [7, 11) is 0. The lowest BCUT2D eigenvalue weighted by Gasteiger charge is -2.37. The van der Waals surface area contributed by atoms with Crippen LogP contribution in [0.3, 0.4) is 0 Å². The van der Waals surface area contributed by atoms with Crippen LogP contribution >= 0.6 is 0 Å². The van der Waals surface area contributed by atoms with Gasteiger partial charge in [0.05, 0.1) is 12.5 Å². The second kappa shape index (κ2) is 8.68. The first-order valence-electron chi connectivity index (χ1n) is 11.2. The van der Waals surface area contributed by atoms with E-state index in [9.17, 15) is 40.3 Å². The molecule has 0 radical (unpaired) electrons. The van der Waals surface area contributed by atoms with Gasteiger partial charge in [0.15, 0.2) is 0 Å². The summed E-state index contributed by atoms with van der Waals surface area (Å²) in [5, 5.41) is 8.82. The number of nitrogens with zero attached hydrogens (tertiary/aromatic N) is 3. The summed E-state index contributed by atoms with van der Waals surface area (Å²) in [6, 6.07) is 3.23. The van der Waals surface area contributed by atoms with E-state index in [0.717, 1.165) is 6.07 Å². The molecule has 3 aliphatic rings. The summed E-state index contributed by atoms with van der Waals surface area (Å²) in [6.07, 6.45) is -10.9. The number of likely N-dealkylation sites (tertiary alicyclic amines) is 2. The lowest BCUT2D eigenvalue weighted by molar-refractivity contribution is -0.348. The van der Waals surface area contributed by atoms with Crippen molar-refractivity contribution in [1.29, 1.82) is 5.26 Å². The molecule has 1 aliphatic carbocycles. The van der Waals surface area contributed by atoms with Crippen molar-refractivity contribution in [3.63, 3.8) is 0 Å². The standard InChI is InChI=1S/C23H22F7N3O2/c24-21(22(25,26)27,23(28,29)30)14-3-4-15-13(12-14)2-5-17-16(15)8-11-33(17)20(35)18-6-7-19(34)32(18)10-1-9-31/h3-4,12,16-18H,1-2,5-8,10-11H2/t16-,17?,18?/m0/s1. The van der Waals surface area contributed by atoms with Crippen molar-refractivity contribution in [3.05, 3.63) is 34.9 Å². The SMILES string of the molecule is N#CCCN1C(=O)CCC1C(=O)N1CC[C@H]2c3ccc(C(F)(C(F)(F)F)C(F)(F)F)cc3CCC21. The maximum atomic E-state index is 14.5. The Hall–Kier alpha value is -2.84. The molecule has 2 amide bonds. The number of hydrogen-bond donors (Lipinski definition) is 0. The van der Waals surface area contributed by atoms with Crippen LogP contribution in [0.2, 0.25) is 0 Å². The van der Waals surface area contributed by atoms with E-state index in [2.05, 4.69) is 0 Å². The number of nitriles is 1. The maximum absolute atomic E-state index is 14.5. The molecule has 4 rings (SSSR count). The Balaban J connectivity index is 1.58. The molecule has 1 aromatic carbocycles. The lowest BCUT2D eigenvalue weighted by atomic mass is 9.77. The summed E-state index contributed by atoms with van der Waals surface area (Å²) in [5.41, 5.74) is -6.26. The predicted octanol–water partition coefficient (Wildman–Crippen LogP) is 4.51. The third-order valence-corrected chi connectivity index (χ3v) is 7.34. The molecule has 2 heterocycles. The predicted molar refractivity (Wildman–Crippen MR) is 107 cm³/mol. The van der Waals surface area contributed by atoms with Crippen molar-refractivity contribution in [1.82, 2.24) is 9.80 Å². The van der Waals surface area contributed by atoms with Gasteiger partial charge in [0.25, 0.3) is 0 Å². The number of carbonyl (C=O) groups excluding carboxylic acids is 2. The zero-order valence-electron chi connectivity index (χ0n) is 18.4. The average molecular weight is 505 g/mol. The number of aryl methyl sites for hydroxylation is 1. The van der Waals surface area contributed by atoms with Crippen LogP contribution in [0.5, 0.6) is 0 Å². The van der Waals surface area contributed by atoms with Crippen molar-refractivity contribution in [2.24, 2.45) is 0 Å². The van der Waals surface area contributed by atoms with Crippen molar-refractivity contribution >= 4 is 11.8 Å². The first-order valence-corrected chi connectivity index (χ1v) is 11.2. The Bertz CT molecular complexity index is 1050. The zero-order valence-corrected chi connectivity index (χ0v) is 18.4. The molecule has 12 heteroatoms. The van der Waals surface area contributed by atoms with Gasteiger partial charge >= 0.3 is 18.0 Å². The van der Waals surface area contributed by atoms with E-state index in [1.165, 1.54) is 4.90 Å². The normalized spacial score (nSPS) is 24.9. The third-order valence-electron chi connectivity index (χ3n) is 7.34. The molecule has 0 N–H and O–H groups in total. The minimum Gasteiger partial charge on any atom is -0.337 e. The first-order chi connectivity index (χ1) is 16.3. The van der Waals surface area contributed by atoms with Gasteiger partial charge in [-0.25, -0.2) is 4.39 Å². The van der Waals surface area contributed by atoms with Gasteiger partial charge in [-0.3, -0.25) is 9.59 Å². The van der Waals surface area contributed by atoms with E-state index in [-0.39, 0.29) is 55.1 Å². The minimum absolute atomic E-state index is 0.0850. The second-order valence-electron chi connectivity index (χ2n) is 9.15. The number of rotatable bonds is 4. The van der Waals surface area contributed by atoms with E-state index in [4.69, 9.17) is 5.26 Å². The molecule has 3 atom stereocenters. The highest BCUT2D eigenvalue weighted by Gasteiger charge is 2.73. The lowest BCUT2D eigenvalue weighted by Crippen LogP contribution is -2.50. The molecule has 0 saturated carbocycles. The van der Waals surface area contributed by atoms with E-state index >= 15 is 0 Å². The Morgan fingerprint density at radius 2 is 1.71 bits per heavy atom. The van der Waals surface area contributed by atoms with Crippen LogP contribution < -0.4 is 0 Å². The third kappa shape index (κ3) is 4.02. The van der Waals surface area contributed by atoms with Crippen LogP contribution in [0.15, 0.2) is 18.2 Å². The first kappa shape index (κ1) is 25.3. The van der Waals surface area contributed by atoms with Crippen molar-refractivity contribution < 1.29 is 40.3 Å². The fraction of sp³-hybridized carbons (Fsp3) is 0.609. The quantitative estimate of drug-likeness (QED) is 0.566. The van der Waals surface area contributed by atoms with Crippen LogP contribution in [0.1, 0.15) is 54.7 Å². The molecule has 1 aromatic rings. The van der Waals surface area contributed by atoms with Crippen LogP contribution in [0, 0.1) is 11.3 Å². The van der Waals surface area contributed by atoms with E-state index in [1.54, 1.807) is 4.90 Å². The van der Waals surface area contributed by atoms with Gasteiger partial charge in [-0.2, -0.15) is 31.6 Å². The number of alkyl halides is 7. The molecule has 5 nitrogen and oxygen atoms in total. The van der Waals surface area contributed by atoms with E-state index in [0.29, 0.717) is 43.5 Å². The van der Waals surface area contributed by atoms with Gasteiger partial charge in [-0.05, 0) is 36.8 Å².